The van der Waals surface area contributed by atoms with Crippen LogP contribution in [0.3, 0.4) is 0 Å². The summed E-state index contributed by atoms with van der Waals surface area (Å²) in [4.78, 5) is 0. The SMILES string of the molecule is CC1CCC(CNC2CCOc3ccccc32)O1. The summed E-state index contributed by atoms with van der Waals surface area (Å²) >= 11 is 0. The lowest BCUT2D eigenvalue weighted by Gasteiger charge is -2.27. The molecule has 0 aromatic heterocycles. The van der Waals surface area contributed by atoms with E-state index in [1.807, 2.05) is 6.07 Å². The molecule has 18 heavy (non-hydrogen) atoms. The van der Waals surface area contributed by atoms with Crippen LogP contribution in [0, 0.1) is 0 Å². The highest BCUT2D eigenvalue weighted by Crippen LogP contribution is 2.31. The van der Waals surface area contributed by atoms with E-state index >= 15 is 0 Å². The molecule has 1 saturated heterocycles. The molecule has 98 valence electrons. The molecule has 3 heteroatoms. The Hall–Kier alpha value is -1.06. The lowest BCUT2D eigenvalue weighted by atomic mass is 10.0. The molecule has 2 aliphatic heterocycles. The van der Waals surface area contributed by atoms with E-state index in [1.165, 1.54) is 18.4 Å². The summed E-state index contributed by atoms with van der Waals surface area (Å²) in [7, 11) is 0. The summed E-state index contributed by atoms with van der Waals surface area (Å²) in [5, 5.41) is 3.64. The third kappa shape index (κ3) is 2.52. The Kier molecular flexibility index (Phi) is 3.52. The Morgan fingerprint density at radius 2 is 2.11 bits per heavy atom. The largest absolute Gasteiger partial charge is 0.493 e. The molecule has 0 amide bonds. The lowest BCUT2D eigenvalue weighted by molar-refractivity contribution is 0.0532. The fourth-order valence-corrected chi connectivity index (χ4v) is 2.86. The first-order valence-electron chi connectivity index (χ1n) is 6.93. The minimum Gasteiger partial charge on any atom is -0.493 e. The van der Waals surface area contributed by atoms with Gasteiger partial charge in [0.05, 0.1) is 18.8 Å². The molecule has 3 atom stereocenters. The number of benzene rings is 1. The van der Waals surface area contributed by atoms with Crippen LogP contribution in [0.5, 0.6) is 5.75 Å². The Balaban J connectivity index is 1.60. The number of hydrogen-bond donors (Lipinski definition) is 1. The van der Waals surface area contributed by atoms with Gasteiger partial charge in [0.15, 0.2) is 0 Å². The normalized spacial score (nSPS) is 30.8. The number of para-hydroxylation sites is 1. The van der Waals surface area contributed by atoms with Crippen molar-refractivity contribution in [1.82, 2.24) is 5.32 Å². The molecule has 0 aliphatic carbocycles. The van der Waals surface area contributed by atoms with Crippen molar-refractivity contribution in [3.05, 3.63) is 29.8 Å². The zero-order valence-electron chi connectivity index (χ0n) is 10.9. The molecule has 1 aromatic rings. The van der Waals surface area contributed by atoms with Crippen molar-refractivity contribution in [3.8, 4) is 5.75 Å². The van der Waals surface area contributed by atoms with E-state index in [-0.39, 0.29) is 0 Å². The molecule has 0 radical (unpaired) electrons. The van der Waals surface area contributed by atoms with E-state index < -0.39 is 0 Å². The van der Waals surface area contributed by atoms with Crippen LogP contribution in [-0.4, -0.2) is 25.4 Å². The summed E-state index contributed by atoms with van der Waals surface area (Å²) in [5.74, 6) is 1.03. The molecule has 0 bridgehead atoms. The highest BCUT2D eigenvalue weighted by atomic mass is 16.5. The maximum atomic E-state index is 5.85. The van der Waals surface area contributed by atoms with Crippen molar-refractivity contribution >= 4 is 0 Å². The second-order valence-electron chi connectivity index (χ2n) is 5.28. The van der Waals surface area contributed by atoms with Crippen LogP contribution >= 0.6 is 0 Å². The fourth-order valence-electron chi connectivity index (χ4n) is 2.86. The fraction of sp³-hybridized carbons (Fsp3) is 0.600. The topological polar surface area (TPSA) is 30.5 Å². The quantitative estimate of drug-likeness (QED) is 0.890. The van der Waals surface area contributed by atoms with Gasteiger partial charge in [-0.1, -0.05) is 18.2 Å². The molecule has 1 fully saturated rings. The first-order chi connectivity index (χ1) is 8.83. The Bertz CT molecular complexity index is 407. The van der Waals surface area contributed by atoms with Crippen molar-refractivity contribution in [2.45, 2.75) is 44.4 Å². The van der Waals surface area contributed by atoms with E-state index in [4.69, 9.17) is 9.47 Å². The van der Waals surface area contributed by atoms with E-state index in [0.29, 0.717) is 18.2 Å². The van der Waals surface area contributed by atoms with Crippen molar-refractivity contribution in [1.29, 1.82) is 0 Å². The van der Waals surface area contributed by atoms with E-state index in [2.05, 4.69) is 30.4 Å². The molecule has 1 aromatic carbocycles. The maximum absolute atomic E-state index is 5.85. The van der Waals surface area contributed by atoms with Crippen LogP contribution in [-0.2, 0) is 4.74 Å². The summed E-state index contributed by atoms with van der Waals surface area (Å²) < 4.78 is 11.5. The smallest absolute Gasteiger partial charge is 0.124 e. The lowest BCUT2D eigenvalue weighted by Crippen LogP contribution is -2.33. The third-order valence-corrected chi connectivity index (χ3v) is 3.87. The Labute approximate surface area is 108 Å². The van der Waals surface area contributed by atoms with E-state index in [1.54, 1.807) is 0 Å². The first kappa shape index (κ1) is 12.0. The number of nitrogens with one attached hydrogen (secondary N) is 1. The zero-order chi connectivity index (χ0) is 12.4. The van der Waals surface area contributed by atoms with Gasteiger partial charge in [0.1, 0.15) is 5.75 Å². The molecule has 1 N–H and O–H groups in total. The van der Waals surface area contributed by atoms with Crippen molar-refractivity contribution in [2.75, 3.05) is 13.2 Å². The third-order valence-electron chi connectivity index (χ3n) is 3.87. The van der Waals surface area contributed by atoms with Crippen LogP contribution in [0.4, 0.5) is 0 Å². The molecular weight excluding hydrogens is 226 g/mol. The molecule has 3 unspecified atom stereocenters. The molecule has 2 heterocycles. The van der Waals surface area contributed by atoms with Gasteiger partial charge in [0.25, 0.3) is 0 Å². The molecule has 3 rings (SSSR count). The van der Waals surface area contributed by atoms with Gasteiger partial charge in [-0.15, -0.1) is 0 Å². The van der Waals surface area contributed by atoms with Crippen LogP contribution in [0.25, 0.3) is 0 Å². The molecule has 0 spiro atoms. The summed E-state index contributed by atoms with van der Waals surface area (Å²) in [6.45, 7) is 3.91. The predicted molar refractivity (Wildman–Crippen MR) is 70.9 cm³/mol. The van der Waals surface area contributed by atoms with Gasteiger partial charge >= 0.3 is 0 Å². The Morgan fingerprint density at radius 3 is 2.94 bits per heavy atom. The van der Waals surface area contributed by atoms with Gasteiger partial charge in [-0.25, -0.2) is 0 Å². The van der Waals surface area contributed by atoms with Gasteiger partial charge in [0, 0.05) is 24.6 Å². The molecule has 2 aliphatic rings. The molecular formula is C15H21NO2. The standard InChI is InChI=1S/C15H21NO2/c1-11-6-7-12(18-11)10-16-14-8-9-17-15-5-3-2-4-13(14)15/h2-5,11-12,14,16H,6-10H2,1H3. The van der Waals surface area contributed by atoms with E-state index in [0.717, 1.165) is 25.3 Å². The van der Waals surface area contributed by atoms with Crippen LogP contribution in [0.2, 0.25) is 0 Å². The molecule has 3 nitrogen and oxygen atoms in total. The second-order valence-corrected chi connectivity index (χ2v) is 5.28. The van der Waals surface area contributed by atoms with Gasteiger partial charge in [-0.05, 0) is 25.8 Å². The average Bonchev–Trinajstić information content (AvgIpc) is 2.82. The summed E-state index contributed by atoms with van der Waals surface area (Å²) in [5.41, 5.74) is 1.29. The maximum Gasteiger partial charge on any atom is 0.124 e. The minimum absolute atomic E-state index is 0.384. The van der Waals surface area contributed by atoms with Crippen LogP contribution < -0.4 is 10.1 Å². The first-order valence-corrected chi connectivity index (χ1v) is 6.93. The van der Waals surface area contributed by atoms with Gasteiger partial charge in [-0.2, -0.15) is 0 Å². The summed E-state index contributed by atoms with van der Waals surface area (Å²) in [6.07, 6.45) is 4.23. The van der Waals surface area contributed by atoms with Crippen LogP contribution in [0.15, 0.2) is 24.3 Å². The van der Waals surface area contributed by atoms with Gasteiger partial charge in [0.2, 0.25) is 0 Å². The second kappa shape index (κ2) is 5.29. The number of ether oxygens (including phenoxy) is 2. The highest BCUT2D eigenvalue weighted by molar-refractivity contribution is 5.37. The monoisotopic (exact) mass is 247 g/mol. The number of rotatable bonds is 3. The predicted octanol–water partition coefficient (Wildman–Crippen LogP) is 2.67. The van der Waals surface area contributed by atoms with Gasteiger partial charge in [-0.3, -0.25) is 0 Å². The van der Waals surface area contributed by atoms with E-state index in [9.17, 15) is 0 Å². The molecule has 0 saturated carbocycles. The van der Waals surface area contributed by atoms with Crippen LogP contribution in [0.1, 0.15) is 37.8 Å². The minimum atomic E-state index is 0.384. The van der Waals surface area contributed by atoms with Crippen molar-refractivity contribution < 1.29 is 9.47 Å². The van der Waals surface area contributed by atoms with Gasteiger partial charge < -0.3 is 14.8 Å². The highest BCUT2D eigenvalue weighted by Gasteiger charge is 2.25. The number of hydrogen-bond acceptors (Lipinski definition) is 3. The van der Waals surface area contributed by atoms with Crippen molar-refractivity contribution in [3.63, 3.8) is 0 Å². The zero-order valence-corrected chi connectivity index (χ0v) is 10.9. The Morgan fingerprint density at radius 1 is 1.22 bits per heavy atom. The average molecular weight is 247 g/mol. The number of fused-ring (bicyclic) bond motifs is 1. The summed E-state index contributed by atoms with van der Waals surface area (Å²) in [6, 6.07) is 8.73. The van der Waals surface area contributed by atoms with Crippen molar-refractivity contribution in [2.24, 2.45) is 0 Å².